The number of carbonyl (C=O) groups excluding carboxylic acids is 2. The summed E-state index contributed by atoms with van der Waals surface area (Å²) < 4.78 is 40.2. The number of aryl methyl sites for hydroxylation is 1. The van der Waals surface area contributed by atoms with Crippen molar-refractivity contribution < 1.29 is 22.8 Å². The van der Waals surface area contributed by atoms with Crippen LogP contribution in [-0.4, -0.2) is 31.4 Å². The normalized spacial score (nSPS) is 11.6. The van der Waals surface area contributed by atoms with Crippen LogP contribution in [0.5, 0.6) is 0 Å². The zero-order valence-electron chi connectivity index (χ0n) is 12.5. The molecule has 0 saturated carbocycles. The van der Waals surface area contributed by atoms with Gasteiger partial charge in [-0.3, -0.25) is 19.0 Å². The Labute approximate surface area is 138 Å². The smallest absolute Gasteiger partial charge is 0.364 e. The summed E-state index contributed by atoms with van der Waals surface area (Å²) in [6.45, 7) is 0.769. The van der Waals surface area contributed by atoms with E-state index in [9.17, 15) is 22.8 Å². The van der Waals surface area contributed by atoms with Gasteiger partial charge < -0.3 is 11.1 Å². The highest BCUT2D eigenvalue weighted by Gasteiger charge is 2.38. The van der Waals surface area contributed by atoms with Crippen LogP contribution in [0.3, 0.4) is 0 Å². The van der Waals surface area contributed by atoms with Crippen LogP contribution in [0.25, 0.3) is 0 Å². The Hall–Kier alpha value is -2.56. The van der Waals surface area contributed by atoms with E-state index in [2.05, 4.69) is 15.5 Å². The van der Waals surface area contributed by atoms with E-state index in [0.717, 1.165) is 9.36 Å². The van der Waals surface area contributed by atoms with E-state index in [-0.39, 0.29) is 17.1 Å². The first-order valence-electron chi connectivity index (χ1n) is 6.44. The number of amides is 2. The largest absolute Gasteiger partial charge is 0.436 e. The molecule has 3 N–H and O–H groups in total. The average molecular weight is 365 g/mol. The van der Waals surface area contributed by atoms with Gasteiger partial charge in [0.1, 0.15) is 12.2 Å². The van der Waals surface area contributed by atoms with Gasteiger partial charge in [0.2, 0.25) is 5.91 Å². The molecule has 24 heavy (non-hydrogen) atoms. The Bertz CT molecular complexity index is 811. The van der Waals surface area contributed by atoms with Crippen LogP contribution in [0, 0.1) is 6.92 Å². The molecule has 2 amide bonds. The number of aromatic nitrogens is 4. The summed E-state index contributed by atoms with van der Waals surface area (Å²) in [5.41, 5.74) is 3.89. The van der Waals surface area contributed by atoms with Crippen LogP contribution in [0.4, 0.5) is 18.9 Å². The molecule has 2 heterocycles. The van der Waals surface area contributed by atoms with Crippen molar-refractivity contribution >= 4 is 29.1 Å². The van der Waals surface area contributed by atoms with Crippen LogP contribution >= 0.6 is 11.6 Å². The van der Waals surface area contributed by atoms with Crippen LogP contribution in [0.2, 0.25) is 5.02 Å². The number of nitrogens with one attached hydrogen (secondary N) is 1. The number of rotatable bonds is 4. The van der Waals surface area contributed by atoms with Gasteiger partial charge in [-0.1, -0.05) is 11.6 Å². The summed E-state index contributed by atoms with van der Waals surface area (Å²) in [5.74, 6) is -1.54. The lowest BCUT2D eigenvalue weighted by Gasteiger charge is -2.07. The van der Waals surface area contributed by atoms with Gasteiger partial charge in [0.15, 0.2) is 5.69 Å². The lowest BCUT2D eigenvalue weighted by atomic mass is 10.3. The molecular formula is C12H12ClF3N6O2. The van der Waals surface area contributed by atoms with Gasteiger partial charge in [-0.25, -0.2) is 0 Å². The third-order valence-corrected chi connectivity index (χ3v) is 3.59. The Morgan fingerprint density at radius 3 is 2.54 bits per heavy atom. The molecule has 0 spiro atoms. The highest BCUT2D eigenvalue weighted by atomic mass is 35.5. The third kappa shape index (κ3) is 3.35. The fourth-order valence-electron chi connectivity index (χ4n) is 2.01. The Kier molecular flexibility index (Phi) is 4.56. The summed E-state index contributed by atoms with van der Waals surface area (Å²) in [6, 6.07) is 0. The summed E-state index contributed by atoms with van der Waals surface area (Å²) in [5, 5.41) is 8.86. The monoisotopic (exact) mass is 364 g/mol. The molecular weight excluding hydrogens is 353 g/mol. The molecule has 0 aromatic carbocycles. The number of primary amides is 1. The van der Waals surface area contributed by atoms with Gasteiger partial charge in [0.05, 0.1) is 22.6 Å². The first-order chi connectivity index (χ1) is 11.0. The van der Waals surface area contributed by atoms with Crippen LogP contribution in [-0.2, 0) is 24.6 Å². The Balaban J connectivity index is 2.21. The number of anilines is 1. The van der Waals surface area contributed by atoms with Crippen molar-refractivity contribution in [1.29, 1.82) is 0 Å². The molecule has 0 radical (unpaired) electrons. The standard InChI is InChI=1S/C12H12ClF3N6O2/c1-5-8(13)10(12(14,15)16)20-22(5)4-7(23)19-6-3-18-21(2)9(6)11(17)24/h3H,4H2,1-2H3,(H2,17,24)(H,19,23). The molecule has 2 aromatic heterocycles. The van der Waals surface area contributed by atoms with Crippen molar-refractivity contribution in [2.24, 2.45) is 12.8 Å². The molecule has 0 atom stereocenters. The second-order valence-corrected chi connectivity index (χ2v) is 5.22. The predicted octanol–water partition coefficient (Wildman–Crippen LogP) is 1.33. The number of alkyl halides is 3. The second kappa shape index (κ2) is 6.15. The van der Waals surface area contributed by atoms with E-state index in [1.165, 1.54) is 20.2 Å². The highest BCUT2D eigenvalue weighted by molar-refractivity contribution is 6.32. The molecule has 8 nitrogen and oxygen atoms in total. The lowest BCUT2D eigenvalue weighted by Crippen LogP contribution is -2.23. The van der Waals surface area contributed by atoms with Crippen molar-refractivity contribution in [3.63, 3.8) is 0 Å². The maximum absolute atomic E-state index is 12.7. The molecule has 0 aliphatic heterocycles. The topological polar surface area (TPSA) is 108 Å². The van der Waals surface area contributed by atoms with Gasteiger partial charge in [-0.05, 0) is 6.92 Å². The van der Waals surface area contributed by atoms with Crippen LogP contribution in [0.1, 0.15) is 21.9 Å². The van der Waals surface area contributed by atoms with Crippen molar-refractivity contribution in [2.45, 2.75) is 19.6 Å². The van der Waals surface area contributed by atoms with Crippen LogP contribution in [0.15, 0.2) is 6.20 Å². The SMILES string of the molecule is Cc1c(Cl)c(C(F)(F)F)nn1CC(=O)Nc1cnn(C)c1C(N)=O. The zero-order valence-corrected chi connectivity index (χ0v) is 13.2. The van der Waals surface area contributed by atoms with Crippen molar-refractivity contribution in [1.82, 2.24) is 19.6 Å². The van der Waals surface area contributed by atoms with E-state index in [1.54, 1.807) is 0 Å². The van der Waals surface area contributed by atoms with Crippen LogP contribution < -0.4 is 11.1 Å². The lowest BCUT2D eigenvalue weighted by molar-refractivity contribution is -0.141. The number of nitrogens with zero attached hydrogens (tertiary/aromatic N) is 4. The molecule has 0 fully saturated rings. The molecule has 0 aliphatic rings. The fourth-order valence-corrected chi connectivity index (χ4v) is 2.25. The molecule has 130 valence electrons. The summed E-state index contributed by atoms with van der Waals surface area (Å²) in [4.78, 5) is 23.3. The predicted molar refractivity (Wildman–Crippen MR) is 77.3 cm³/mol. The average Bonchev–Trinajstić information content (AvgIpc) is 2.93. The second-order valence-electron chi connectivity index (χ2n) is 4.85. The maximum atomic E-state index is 12.7. The Morgan fingerprint density at radius 1 is 1.42 bits per heavy atom. The number of hydrogen-bond donors (Lipinski definition) is 2. The summed E-state index contributed by atoms with van der Waals surface area (Å²) in [6.07, 6.45) is -3.53. The van der Waals surface area contributed by atoms with Gasteiger partial charge in [0, 0.05) is 7.05 Å². The van der Waals surface area contributed by atoms with E-state index in [0.29, 0.717) is 0 Å². The maximum Gasteiger partial charge on any atom is 0.436 e. The number of carbonyl (C=O) groups is 2. The molecule has 0 bridgehead atoms. The van der Waals surface area contributed by atoms with E-state index in [4.69, 9.17) is 17.3 Å². The number of nitrogens with two attached hydrogens (primary N) is 1. The van der Waals surface area contributed by atoms with Gasteiger partial charge >= 0.3 is 6.18 Å². The first-order valence-corrected chi connectivity index (χ1v) is 6.82. The molecule has 0 unspecified atom stereocenters. The molecule has 0 saturated heterocycles. The minimum absolute atomic E-state index is 0.0135. The molecule has 12 heteroatoms. The minimum atomic E-state index is -4.73. The Morgan fingerprint density at radius 2 is 2.04 bits per heavy atom. The highest BCUT2D eigenvalue weighted by Crippen LogP contribution is 2.35. The number of hydrogen-bond acceptors (Lipinski definition) is 4. The van der Waals surface area contributed by atoms with Gasteiger partial charge in [-0.15, -0.1) is 0 Å². The molecule has 2 rings (SSSR count). The van der Waals surface area contributed by atoms with Crippen molar-refractivity contribution in [3.05, 3.63) is 28.3 Å². The zero-order chi connectivity index (χ0) is 18.2. The molecule has 2 aromatic rings. The minimum Gasteiger partial charge on any atom is -0.364 e. The van der Waals surface area contributed by atoms with E-state index < -0.39 is 35.3 Å². The van der Waals surface area contributed by atoms with Gasteiger partial charge in [0.25, 0.3) is 5.91 Å². The van der Waals surface area contributed by atoms with Crippen molar-refractivity contribution in [2.75, 3.05) is 5.32 Å². The summed E-state index contributed by atoms with van der Waals surface area (Å²) >= 11 is 5.60. The first kappa shape index (κ1) is 17.8. The third-order valence-electron chi connectivity index (χ3n) is 3.14. The van der Waals surface area contributed by atoms with Crippen molar-refractivity contribution in [3.8, 4) is 0 Å². The van der Waals surface area contributed by atoms with Gasteiger partial charge in [-0.2, -0.15) is 23.4 Å². The summed E-state index contributed by atoms with van der Waals surface area (Å²) in [7, 11) is 1.45. The molecule has 0 aliphatic carbocycles. The number of halogens is 4. The van der Waals surface area contributed by atoms with E-state index in [1.807, 2.05) is 0 Å². The van der Waals surface area contributed by atoms with E-state index >= 15 is 0 Å². The fraction of sp³-hybridized carbons (Fsp3) is 0.333. The quantitative estimate of drug-likeness (QED) is 0.853.